The van der Waals surface area contributed by atoms with Gasteiger partial charge in [0.1, 0.15) is 5.75 Å². The molecule has 7 nitrogen and oxygen atoms in total. The predicted octanol–water partition coefficient (Wildman–Crippen LogP) is 2.22. The first kappa shape index (κ1) is 16.2. The van der Waals surface area contributed by atoms with Gasteiger partial charge in [-0.2, -0.15) is 4.98 Å². The first-order valence-electron chi connectivity index (χ1n) is 7.13. The molecule has 0 aliphatic rings. The summed E-state index contributed by atoms with van der Waals surface area (Å²) in [6.45, 7) is 0.180. The van der Waals surface area contributed by atoms with Crippen molar-refractivity contribution >= 4 is 10.0 Å². The standard InChI is InChI=1S/C16H15N3O4S/c1-17-24(20,21)14-9-7-12(8-10-14)16-18-15(19-23-16)11-22-13-5-3-2-4-6-13/h2-10,17H,11H2,1H3. The fourth-order valence-electron chi connectivity index (χ4n) is 1.99. The van der Waals surface area contributed by atoms with Gasteiger partial charge in [0, 0.05) is 5.56 Å². The van der Waals surface area contributed by atoms with Crippen LogP contribution >= 0.6 is 0 Å². The third-order valence-electron chi connectivity index (χ3n) is 3.26. The minimum absolute atomic E-state index is 0.167. The van der Waals surface area contributed by atoms with Crippen molar-refractivity contribution in [3.8, 4) is 17.2 Å². The first-order chi connectivity index (χ1) is 11.6. The SMILES string of the molecule is CNS(=O)(=O)c1ccc(-c2nc(COc3ccccc3)no2)cc1. The second kappa shape index (κ2) is 6.81. The van der Waals surface area contributed by atoms with Crippen molar-refractivity contribution in [2.24, 2.45) is 0 Å². The lowest BCUT2D eigenvalue weighted by Gasteiger charge is -2.02. The summed E-state index contributed by atoms with van der Waals surface area (Å²) in [4.78, 5) is 4.41. The van der Waals surface area contributed by atoms with E-state index >= 15 is 0 Å². The van der Waals surface area contributed by atoms with Crippen molar-refractivity contribution in [2.75, 3.05) is 7.05 Å². The minimum Gasteiger partial charge on any atom is -0.485 e. The summed E-state index contributed by atoms with van der Waals surface area (Å²) in [5.74, 6) is 1.42. The van der Waals surface area contributed by atoms with Crippen LogP contribution in [0.1, 0.15) is 5.82 Å². The highest BCUT2D eigenvalue weighted by Gasteiger charge is 2.13. The summed E-state index contributed by atoms with van der Waals surface area (Å²) < 4.78 is 36.4. The maximum atomic E-state index is 11.7. The van der Waals surface area contributed by atoms with Crippen LogP contribution < -0.4 is 9.46 Å². The second-order valence-corrected chi connectivity index (χ2v) is 6.74. The Morgan fingerprint density at radius 3 is 2.46 bits per heavy atom. The van der Waals surface area contributed by atoms with Crippen LogP contribution in [0.2, 0.25) is 0 Å². The Balaban J connectivity index is 1.71. The van der Waals surface area contributed by atoms with Crippen LogP contribution in [0.15, 0.2) is 64.0 Å². The van der Waals surface area contributed by atoms with E-state index in [2.05, 4.69) is 14.9 Å². The fraction of sp³-hybridized carbons (Fsp3) is 0.125. The topological polar surface area (TPSA) is 94.3 Å². The molecule has 0 fully saturated rings. The molecule has 0 bridgehead atoms. The van der Waals surface area contributed by atoms with Crippen LogP contribution in [0.3, 0.4) is 0 Å². The Kier molecular flexibility index (Phi) is 4.59. The molecule has 0 aliphatic heterocycles. The van der Waals surface area contributed by atoms with E-state index in [1.165, 1.54) is 19.2 Å². The van der Waals surface area contributed by atoms with Crippen molar-refractivity contribution < 1.29 is 17.7 Å². The number of hydrogen-bond donors (Lipinski definition) is 1. The van der Waals surface area contributed by atoms with Gasteiger partial charge in [-0.05, 0) is 43.4 Å². The van der Waals surface area contributed by atoms with Gasteiger partial charge in [-0.3, -0.25) is 0 Å². The van der Waals surface area contributed by atoms with Gasteiger partial charge in [-0.15, -0.1) is 0 Å². The number of sulfonamides is 1. The van der Waals surface area contributed by atoms with Crippen LogP contribution in [0.4, 0.5) is 0 Å². The summed E-state index contributed by atoms with van der Waals surface area (Å²) in [5, 5.41) is 3.85. The van der Waals surface area contributed by atoms with E-state index in [0.717, 1.165) is 0 Å². The fourth-order valence-corrected chi connectivity index (χ4v) is 2.72. The highest BCUT2D eigenvalue weighted by Crippen LogP contribution is 2.20. The average Bonchev–Trinajstić information content (AvgIpc) is 3.10. The molecule has 0 spiro atoms. The number of rotatable bonds is 6. The quantitative estimate of drug-likeness (QED) is 0.736. The monoisotopic (exact) mass is 345 g/mol. The summed E-state index contributed by atoms with van der Waals surface area (Å²) in [5.41, 5.74) is 0.628. The lowest BCUT2D eigenvalue weighted by Crippen LogP contribution is -2.18. The maximum Gasteiger partial charge on any atom is 0.258 e. The normalized spacial score (nSPS) is 11.4. The third kappa shape index (κ3) is 3.61. The lowest BCUT2D eigenvalue weighted by molar-refractivity contribution is 0.287. The van der Waals surface area contributed by atoms with E-state index in [0.29, 0.717) is 23.0 Å². The van der Waals surface area contributed by atoms with Gasteiger partial charge in [0.05, 0.1) is 4.90 Å². The minimum atomic E-state index is -3.47. The number of benzene rings is 2. The smallest absolute Gasteiger partial charge is 0.258 e. The van der Waals surface area contributed by atoms with Gasteiger partial charge >= 0.3 is 0 Å². The first-order valence-corrected chi connectivity index (χ1v) is 8.61. The molecule has 3 rings (SSSR count). The van der Waals surface area contributed by atoms with Crippen molar-refractivity contribution in [2.45, 2.75) is 11.5 Å². The molecule has 3 aromatic rings. The van der Waals surface area contributed by atoms with Crippen molar-refractivity contribution in [1.82, 2.24) is 14.9 Å². The number of hydrogen-bond acceptors (Lipinski definition) is 6. The maximum absolute atomic E-state index is 11.7. The van der Waals surface area contributed by atoms with E-state index in [-0.39, 0.29) is 11.5 Å². The Morgan fingerprint density at radius 2 is 1.79 bits per heavy atom. The van der Waals surface area contributed by atoms with E-state index in [9.17, 15) is 8.42 Å². The number of para-hydroxylation sites is 1. The van der Waals surface area contributed by atoms with Crippen LogP contribution in [0.5, 0.6) is 5.75 Å². The second-order valence-electron chi connectivity index (χ2n) is 4.85. The van der Waals surface area contributed by atoms with Crippen LogP contribution in [0.25, 0.3) is 11.5 Å². The predicted molar refractivity (Wildman–Crippen MR) is 86.8 cm³/mol. The van der Waals surface area contributed by atoms with Crippen LogP contribution in [-0.4, -0.2) is 25.6 Å². The zero-order valence-electron chi connectivity index (χ0n) is 12.8. The molecule has 2 aromatic carbocycles. The van der Waals surface area contributed by atoms with Crippen molar-refractivity contribution in [3.05, 3.63) is 60.4 Å². The summed E-state index contributed by atoms with van der Waals surface area (Å²) in [6.07, 6.45) is 0. The molecular formula is C16H15N3O4S. The van der Waals surface area contributed by atoms with Crippen LogP contribution in [-0.2, 0) is 16.6 Å². The van der Waals surface area contributed by atoms with E-state index in [1.54, 1.807) is 12.1 Å². The molecule has 1 aromatic heterocycles. The molecule has 8 heteroatoms. The molecule has 0 aliphatic carbocycles. The van der Waals surface area contributed by atoms with Gasteiger partial charge in [0.15, 0.2) is 6.61 Å². The number of ether oxygens (including phenoxy) is 1. The Hall–Kier alpha value is -2.71. The Labute approximate surface area is 139 Å². The zero-order chi connectivity index (χ0) is 17.0. The third-order valence-corrected chi connectivity index (χ3v) is 4.69. The molecule has 24 heavy (non-hydrogen) atoms. The average molecular weight is 345 g/mol. The Morgan fingerprint density at radius 1 is 1.08 bits per heavy atom. The van der Waals surface area contributed by atoms with E-state index in [4.69, 9.17) is 9.26 Å². The summed E-state index contributed by atoms with van der Waals surface area (Å²) in [6, 6.07) is 15.5. The molecule has 0 atom stereocenters. The largest absolute Gasteiger partial charge is 0.485 e. The molecule has 1 N–H and O–H groups in total. The lowest BCUT2D eigenvalue weighted by atomic mass is 10.2. The number of nitrogens with zero attached hydrogens (tertiary/aromatic N) is 2. The van der Waals surface area contributed by atoms with Gasteiger partial charge < -0.3 is 9.26 Å². The number of nitrogens with one attached hydrogen (secondary N) is 1. The number of aromatic nitrogens is 2. The summed E-state index contributed by atoms with van der Waals surface area (Å²) in [7, 11) is -2.11. The molecule has 0 radical (unpaired) electrons. The molecule has 0 saturated heterocycles. The highest BCUT2D eigenvalue weighted by atomic mass is 32.2. The summed E-state index contributed by atoms with van der Waals surface area (Å²) >= 11 is 0. The van der Waals surface area contributed by atoms with Crippen molar-refractivity contribution in [1.29, 1.82) is 0 Å². The molecule has 0 unspecified atom stereocenters. The Bertz CT molecular complexity index is 906. The molecule has 124 valence electrons. The van der Waals surface area contributed by atoms with Gasteiger partial charge in [-0.1, -0.05) is 23.4 Å². The molecule has 1 heterocycles. The highest BCUT2D eigenvalue weighted by molar-refractivity contribution is 7.89. The van der Waals surface area contributed by atoms with Gasteiger partial charge in [0.2, 0.25) is 15.8 Å². The zero-order valence-corrected chi connectivity index (χ0v) is 13.7. The van der Waals surface area contributed by atoms with Crippen molar-refractivity contribution in [3.63, 3.8) is 0 Å². The van der Waals surface area contributed by atoms with E-state index < -0.39 is 10.0 Å². The van der Waals surface area contributed by atoms with Gasteiger partial charge in [0.25, 0.3) is 5.89 Å². The van der Waals surface area contributed by atoms with Gasteiger partial charge in [-0.25, -0.2) is 13.1 Å². The van der Waals surface area contributed by atoms with E-state index in [1.807, 2.05) is 30.3 Å². The molecule has 0 saturated carbocycles. The molecular weight excluding hydrogens is 330 g/mol. The van der Waals surface area contributed by atoms with Crippen LogP contribution in [0, 0.1) is 0 Å². The molecule has 0 amide bonds.